The molecular weight excluding hydrogens is 632 g/mol. The third kappa shape index (κ3) is 11.1. The summed E-state index contributed by atoms with van der Waals surface area (Å²) in [6, 6.07) is 4.18. The number of carbonyl (C=O) groups is 6. The summed E-state index contributed by atoms with van der Waals surface area (Å²) in [5.41, 5.74) is 0.530. The van der Waals surface area contributed by atoms with Gasteiger partial charge in [-0.3, -0.25) is 43.9 Å². The molecule has 4 aliphatic heterocycles. The number of imide groups is 2. The van der Waals surface area contributed by atoms with Crippen LogP contribution in [0.25, 0.3) is 0 Å². The van der Waals surface area contributed by atoms with Crippen molar-refractivity contribution in [1.82, 2.24) is 25.3 Å². The van der Waals surface area contributed by atoms with Crippen molar-refractivity contribution in [3.63, 3.8) is 0 Å². The number of nitrogens with zero attached hydrogens (tertiary/aromatic N) is 4. The van der Waals surface area contributed by atoms with Crippen molar-refractivity contribution < 1.29 is 38.2 Å². The summed E-state index contributed by atoms with van der Waals surface area (Å²) in [6.45, 7) is 19.7. The van der Waals surface area contributed by atoms with E-state index in [0.29, 0.717) is 32.5 Å². The Bertz CT molecular complexity index is 1400. The van der Waals surface area contributed by atoms with Crippen molar-refractivity contribution in [2.45, 2.75) is 84.5 Å². The van der Waals surface area contributed by atoms with Crippen LogP contribution < -0.4 is 15.5 Å². The monoisotopic (exact) mass is 684 g/mol. The highest BCUT2D eigenvalue weighted by Crippen LogP contribution is 2.31. The number of nitrogens with one attached hydrogen (secondary N) is 2. The molecule has 0 bridgehead atoms. The zero-order valence-electron chi connectivity index (χ0n) is 29.8. The normalized spacial score (nSPS) is 20.7. The van der Waals surface area contributed by atoms with E-state index in [-0.39, 0.29) is 41.5 Å². The lowest BCUT2D eigenvalue weighted by Crippen LogP contribution is -2.54. The van der Waals surface area contributed by atoms with E-state index < -0.39 is 35.3 Å². The fourth-order valence-electron chi connectivity index (χ4n) is 6.10. The number of anilines is 1. The van der Waals surface area contributed by atoms with Crippen LogP contribution in [0, 0.1) is 0 Å². The molecule has 1 atom stereocenters. The van der Waals surface area contributed by atoms with Crippen molar-refractivity contribution in [3.8, 4) is 0 Å². The van der Waals surface area contributed by atoms with Gasteiger partial charge in [-0.15, -0.1) is 0 Å². The molecule has 14 heteroatoms. The number of rotatable bonds is 8. The fraction of sp³-hybridized carbons (Fsp3) is 0.657. The van der Waals surface area contributed by atoms with E-state index >= 15 is 0 Å². The molecule has 0 spiro atoms. The summed E-state index contributed by atoms with van der Waals surface area (Å²) in [7, 11) is 0. The van der Waals surface area contributed by atoms with Crippen molar-refractivity contribution in [2.24, 2.45) is 0 Å². The lowest BCUT2D eigenvalue weighted by Gasteiger charge is -2.36. The molecule has 0 aromatic heterocycles. The van der Waals surface area contributed by atoms with Gasteiger partial charge in [0.05, 0.1) is 24.0 Å². The topological polar surface area (TPSA) is 158 Å². The molecule has 0 aliphatic carbocycles. The summed E-state index contributed by atoms with van der Waals surface area (Å²) >= 11 is 0. The van der Waals surface area contributed by atoms with Gasteiger partial charge in [-0.05, 0) is 66.2 Å². The number of piperazine rings is 2. The molecule has 14 nitrogen and oxygen atoms in total. The molecule has 4 aliphatic rings. The van der Waals surface area contributed by atoms with Crippen molar-refractivity contribution in [2.75, 3.05) is 70.3 Å². The van der Waals surface area contributed by atoms with Crippen LogP contribution in [-0.2, 0) is 28.7 Å². The molecule has 5 rings (SSSR count). The molecule has 1 unspecified atom stereocenters. The largest absolute Gasteiger partial charge is 0.460 e. The number of amides is 4. The fourth-order valence-corrected chi connectivity index (χ4v) is 6.10. The summed E-state index contributed by atoms with van der Waals surface area (Å²) in [6.07, 6.45) is 1.06. The summed E-state index contributed by atoms with van der Waals surface area (Å²) in [5.74, 6) is -2.34. The van der Waals surface area contributed by atoms with Gasteiger partial charge in [0.15, 0.2) is 0 Å². The molecule has 3 saturated heterocycles. The van der Waals surface area contributed by atoms with E-state index in [1.807, 2.05) is 47.6 Å². The molecule has 1 aromatic rings. The molecule has 4 heterocycles. The van der Waals surface area contributed by atoms with Crippen LogP contribution in [0.2, 0.25) is 0 Å². The number of fused-ring (bicyclic) bond motifs is 1. The number of hydrogen-bond acceptors (Lipinski definition) is 12. The summed E-state index contributed by atoms with van der Waals surface area (Å²) < 4.78 is 10.6. The Morgan fingerprint density at radius 3 is 1.82 bits per heavy atom. The van der Waals surface area contributed by atoms with Gasteiger partial charge in [0.2, 0.25) is 11.8 Å². The standard InChI is InChI=1S/C24H30N4O6.C11H22N2O2/c1-24(2,3)34-20(30)8-9-26-10-12-27(13-11-26)15-4-5-16-17(14-15)23(33)28(22(16)32)18-6-7-19(29)25-21(18)31;1-11(2,3)15-10(14)4-7-13-8-5-12-6-9-13/h4-5,14,18H,6-13H2,1-3H3,(H,25,29,31);12H,4-9H2,1-3H3. The maximum atomic E-state index is 13.0. The van der Waals surface area contributed by atoms with Crippen LogP contribution in [0.5, 0.6) is 0 Å². The van der Waals surface area contributed by atoms with Gasteiger partial charge < -0.3 is 24.6 Å². The zero-order valence-corrected chi connectivity index (χ0v) is 29.8. The van der Waals surface area contributed by atoms with Crippen LogP contribution in [0.1, 0.15) is 87.9 Å². The van der Waals surface area contributed by atoms with E-state index in [9.17, 15) is 28.8 Å². The Hall–Kier alpha value is -3.88. The smallest absolute Gasteiger partial charge is 0.307 e. The molecule has 0 radical (unpaired) electrons. The predicted molar refractivity (Wildman–Crippen MR) is 182 cm³/mol. The molecule has 4 amide bonds. The van der Waals surface area contributed by atoms with Gasteiger partial charge in [-0.2, -0.15) is 0 Å². The second-order valence-corrected chi connectivity index (χ2v) is 14.8. The number of esters is 2. The van der Waals surface area contributed by atoms with E-state index in [0.717, 1.165) is 56.4 Å². The maximum Gasteiger partial charge on any atom is 0.307 e. The molecule has 2 N–H and O–H groups in total. The highest BCUT2D eigenvalue weighted by atomic mass is 16.6. The van der Waals surface area contributed by atoms with Crippen LogP contribution in [-0.4, -0.2) is 133 Å². The number of carbonyl (C=O) groups excluding carboxylic acids is 6. The Morgan fingerprint density at radius 2 is 1.29 bits per heavy atom. The molecule has 0 saturated carbocycles. The number of ether oxygens (including phenoxy) is 2. The second kappa shape index (κ2) is 16.2. The van der Waals surface area contributed by atoms with Gasteiger partial charge in [-0.25, -0.2) is 0 Å². The van der Waals surface area contributed by atoms with E-state index in [4.69, 9.17) is 9.47 Å². The van der Waals surface area contributed by atoms with E-state index in [1.165, 1.54) is 0 Å². The Balaban J connectivity index is 0.000000302. The second-order valence-electron chi connectivity index (χ2n) is 14.8. The zero-order chi connectivity index (χ0) is 35.9. The van der Waals surface area contributed by atoms with Crippen LogP contribution in [0.4, 0.5) is 5.69 Å². The number of piperidine rings is 1. The Labute approximate surface area is 288 Å². The van der Waals surface area contributed by atoms with Gasteiger partial charge in [0, 0.05) is 77.6 Å². The van der Waals surface area contributed by atoms with Gasteiger partial charge in [0.25, 0.3) is 11.8 Å². The van der Waals surface area contributed by atoms with E-state index in [1.54, 1.807) is 12.1 Å². The van der Waals surface area contributed by atoms with Gasteiger partial charge >= 0.3 is 11.9 Å². The Morgan fingerprint density at radius 1 is 0.755 bits per heavy atom. The minimum Gasteiger partial charge on any atom is -0.460 e. The van der Waals surface area contributed by atoms with Crippen molar-refractivity contribution >= 4 is 41.3 Å². The third-order valence-corrected chi connectivity index (χ3v) is 8.47. The van der Waals surface area contributed by atoms with Crippen molar-refractivity contribution in [1.29, 1.82) is 0 Å². The number of hydrogen-bond donors (Lipinski definition) is 2. The third-order valence-electron chi connectivity index (χ3n) is 8.47. The first-order chi connectivity index (χ1) is 23.0. The SMILES string of the molecule is CC(C)(C)OC(=O)CCN1CCN(c2ccc3c(c2)C(=O)N(C2CCC(=O)NC2=O)C3=O)CC1.CC(C)(C)OC(=O)CCN1CCNCC1. The number of benzene rings is 1. The first kappa shape index (κ1) is 37.9. The van der Waals surface area contributed by atoms with Crippen LogP contribution in [0.15, 0.2) is 18.2 Å². The lowest BCUT2D eigenvalue weighted by atomic mass is 10.0. The van der Waals surface area contributed by atoms with Crippen LogP contribution in [0.3, 0.4) is 0 Å². The highest BCUT2D eigenvalue weighted by molar-refractivity contribution is 6.23. The average molecular weight is 685 g/mol. The van der Waals surface area contributed by atoms with Crippen molar-refractivity contribution in [3.05, 3.63) is 29.3 Å². The minimum atomic E-state index is -0.970. The highest BCUT2D eigenvalue weighted by Gasteiger charge is 2.44. The van der Waals surface area contributed by atoms with Gasteiger partial charge in [0.1, 0.15) is 17.2 Å². The van der Waals surface area contributed by atoms with Gasteiger partial charge in [-0.1, -0.05) is 0 Å². The molecular formula is C35H52N6O8. The first-order valence-corrected chi connectivity index (χ1v) is 17.2. The minimum absolute atomic E-state index is 0.0905. The molecule has 3 fully saturated rings. The first-order valence-electron chi connectivity index (χ1n) is 17.2. The molecule has 1 aromatic carbocycles. The van der Waals surface area contributed by atoms with E-state index in [2.05, 4.69) is 25.3 Å². The summed E-state index contributed by atoms with van der Waals surface area (Å²) in [5, 5.41) is 5.49. The average Bonchev–Trinajstić information content (AvgIpc) is 3.27. The predicted octanol–water partition coefficient (Wildman–Crippen LogP) is 1.57. The lowest BCUT2D eigenvalue weighted by molar-refractivity contribution is -0.156. The quantitative estimate of drug-likeness (QED) is 0.301. The molecule has 49 heavy (non-hydrogen) atoms. The Kier molecular flexibility index (Phi) is 12.6. The maximum absolute atomic E-state index is 13.0. The van der Waals surface area contributed by atoms with Crippen LogP contribution >= 0.6 is 0 Å². The summed E-state index contributed by atoms with van der Waals surface area (Å²) in [4.78, 5) is 80.6. The molecule has 270 valence electrons.